The van der Waals surface area contributed by atoms with Gasteiger partial charge in [0.25, 0.3) is 6.33 Å². The molecule has 432 valence electrons. The van der Waals surface area contributed by atoms with Crippen molar-refractivity contribution in [2.75, 3.05) is 0 Å². The molecule has 5 heteroatoms. The van der Waals surface area contributed by atoms with Gasteiger partial charge < -0.3 is 4.74 Å². The molecular weight excluding hydrogens is 1040 g/mol. The van der Waals surface area contributed by atoms with E-state index in [2.05, 4.69) is 167 Å². The lowest BCUT2D eigenvalue weighted by molar-refractivity contribution is -0.571. The molecule has 0 saturated carbocycles. The van der Waals surface area contributed by atoms with Crippen molar-refractivity contribution in [1.29, 1.82) is 0 Å². The van der Waals surface area contributed by atoms with Gasteiger partial charge in [-0.3, -0.25) is 13.7 Å². The van der Waals surface area contributed by atoms with Crippen LogP contribution in [0.25, 0.3) is 94.5 Å². The molecule has 12 aromatic rings. The molecule has 0 aliphatic rings. The van der Waals surface area contributed by atoms with Gasteiger partial charge in [0.05, 0.1) is 40.3 Å². The monoisotopic (exact) mass is 1130 g/mol. The highest BCUT2D eigenvalue weighted by molar-refractivity contribution is 6.09. The summed E-state index contributed by atoms with van der Waals surface area (Å²) in [5.74, 6) is 1.71. The number of rotatable bonds is 10. The molecule has 5 nitrogen and oxygen atoms in total. The van der Waals surface area contributed by atoms with Gasteiger partial charge in [0.2, 0.25) is 0 Å². The summed E-state index contributed by atoms with van der Waals surface area (Å²) < 4.78 is 76.2. The number of benzene rings is 9. The third-order valence-corrected chi connectivity index (χ3v) is 16.3. The van der Waals surface area contributed by atoms with Crippen LogP contribution in [0.5, 0.6) is 11.5 Å². The maximum Gasteiger partial charge on any atom is 0.269 e. The quantitative estimate of drug-likeness (QED) is 0.101. The summed E-state index contributed by atoms with van der Waals surface area (Å²) in [7, 11) is 0. The first kappa shape index (κ1) is 49.5. The molecule has 0 spiro atoms. The number of imidazole rings is 1. The second-order valence-electron chi connectivity index (χ2n) is 28.3. The van der Waals surface area contributed by atoms with Crippen molar-refractivity contribution >= 4 is 32.8 Å². The molecule has 3 heterocycles. The van der Waals surface area contributed by atoms with Gasteiger partial charge in [-0.2, -0.15) is 0 Å². The summed E-state index contributed by atoms with van der Waals surface area (Å²) in [6.45, 7) is 33.2. The molecule has 0 amide bonds. The summed E-state index contributed by atoms with van der Waals surface area (Å²) >= 11 is 0. The molecule has 0 atom stereocenters. The van der Waals surface area contributed by atoms with Crippen LogP contribution >= 0.6 is 0 Å². The van der Waals surface area contributed by atoms with Crippen LogP contribution in [0.3, 0.4) is 0 Å². The summed E-state index contributed by atoms with van der Waals surface area (Å²) in [5, 5.41) is 2.00. The summed E-state index contributed by atoms with van der Waals surface area (Å²) in [5.41, 5.74) is 15.4. The number of aromatic nitrogens is 4. The molecule has 0 radical (unpaired) electrons. The maximum absolute atomic E-state index is 10.3. The first-order valence-electron chi connectivity index (χ1n) is 33.5. The minimum atomic E-state index is -1.86. The lowest BCUT2D eigenvalue weighted by Crippen LogP contribution is -2.30. The van der Waals surface area contributed by atoms with Gasteiger partial charge in [-0.05, 0) is 167 Å². The second kappa shape index (κ2) is 21.6. The zero-order chi connectivity index (χ0) is 66.8. The Morgan fingerprint density at radius 3 is 1.62 bits per heavy atom. The third kappa shape index (κ3) is 11.6. The number of pyridine rings is 1. The average molecular weight is 1130 g/mol. The molecule has 12 rings (SSSR count). The second-order valence-corrected chi connectivity index (χ2v) is 28.3. The number of para-hydroxylation sites is 4. The van der Waals surface area contributed by atoms with E-state index in [0.29, 0.717) is 39.7 Å². The fourth-order valence-electron chi connectivity index (χ4n) is 11.5. The van der Waals surface area contributed by atoms with Gasteiger partial charge >= 0.3 is 0 Å². The van der Waals surface area contributed by atoms with Crippen molar-refractivity contribution in [3.05, 3.63) is 246 Å². The van der Waals surface area contributed by atoms with Gasteiger partial charge in [0.1, 0.15) is 17.3 Å². The number of hydrogen-bond donors (Lipinski definition) is 0. The maximum atomic E-state index is 10.3. The molecule has 0 aliphatic heterocycles. The van der Waals surface area contributed by atoms with Gasteiger partial charge in [0, 0.05) is 31.3 Å². The van der Waals surface area contributed by atoms with Gasteiger partial charge in [-0.15, -0.1) is 0 Å². The predicted octanol–water partition coefficient (Wildman–Crippen LogP) is 21.4. The predicted molar refractivity (Wildman–Crippen MR) is 362 cm³/mol. The Morgan fingerprint density at radius 2 is 1.00 bits per heavy atom. The van der Waals surface area contributed by atoms with E-state index in [4.69, 9.17) is 16.6 Å². The van der Waals surface area contributed by atoms with E-state index in [9.17, 15) is 2.74 Å². The summed E-state index contributed by atoms with van der Waals surface area (Å²) in [6.07, 6.45) is 3.57. The topological polar surface area (TPSA) is 35.9 Å². The molecule has 0 bridgehead atoms. The van der Waals surface area contributed by atoms with Crippen LogP contribution in [0.15, 0.2) is 212 Å². The van der Waals surface area contributed by atoms with E-state index in [1.807, 2.05) is 127 Å². The van der Waals surface area contributed by atoms with Crippen molar-refractivity contribution in [3.8, 4) is 73.2 Å². The Bertz CT molecular complexity index is 4770. The Hall–Kier alpha value is -8.80. The third-order valence-electron chi connectivity index (χ3n) is 16.3. The molecule has 0 fully saturated rings. The van der Waals surface area contributed by atoms with Crippen molar-refractivity contribution < 1.29 is 18.9 Å². The molecule has 9 aromatic carbocycles. The molecule has 0 N–H and O–H groups in total. The van der Waals surface area contributed by atoms with E-state index < -0.39 is 29.9 Å². The normalized spacial score (nSPS) is 14.0. The van der Waals surface area contributed by atoms with Crippen molar-refractivity contribution in [3.63, 3.8) is 0 Å². The fraction of sp³-hybridized carbons (Fsp3) is 0.259. The minimum Gasteiger partial charge on any atom is -0.458 e. The average Bonchev–Trinajstić information content (AvgIpc) is 1.65. The Balaban J connectivity index is 1.00. The molecule has 0 aliphatic carbocycles. The lowest BCUT2D eigenvalue weighted by atomic mass is 9.77. The SMILES string of the molecule is [2H]c1c([2H])c([2H])c(-c2ccccc2-[n+]2[c-]n(-c3cccc(Oc4ccc5c6ccccc6n(-c6cc(C([2H])([2H])C(C)(C)C)c(-c7cc(-c8cc(C(C)(C)C)cc(C(C)(C)C)c8)cc(-c8cc(C(C)(C)C)cc(C(C)(C)C)c8)c7)cn6)c5c4)c3)c3ccccc32)c([2H])c1[2H]. The summed E-state index contributed by atoms with van der Waals surface area (Å²) in [6, 6.07) is 58.3. The molecule has 3 aromatic heterocycles. The van der Waals surface area contributed by atoms with Crippen LogP contribution in [0.1, 0.15) is 141 Å². The first-order valence-corrected chi connectivity index (χ1v) is 30.0. The van der Waals surface area contributed by atoms with Gasteiger partial charge in [0.15, 0.2) is 0 Å². The van der Waals surface area contributed by atoms with E-state index in [1.165, 1.54) is 22.3 Å². The van der Waals surface area contributed by atoms with Crippen molar-refractivity contribution in [2.24, 2.45) is 5.41 Å². The molecular formula is C81H82N4O. The number of ether oxygens (including phenoxy) is 1. The van der Waals surface area contributed by atoms with Gasteiger partial charge in [-0.1, -0.05) is 237 Å². The van der Waals surface area contributed by atoms with Crippen molar-refractivity contribution in [1.82, 2.24) is 14.1 Å². The molecule has 86 heavy (non-hydrogen) atoms. The van der Waals surface area contributed by atoms with E-state index in [0.717, 1.165) is 66.3 Å². The highest BCUT2D eigenvalue weighted by atomic mass is 16.5. The Kier molecular flexibility index (Phi) is 12.4. The number of fused-ring (bicyclic) bond motifs is 4. The summed E-state index contributed by atoms with van der Waals surface area (Å²) in [4.78, 5) is 5.40. The lowest BCUT2D eigenvalue weighted by Gasteiger charge is -2.27. The van der Waals surface area contributed by atoms with Crippen LogP contribution in [0, 0.1) is 11.7 Å². The van der Waals surface area contributed by atoms with E-state index >= 15 is 0 Å². The standard InChI is InChI=1S/C81H82N4O/c1-77(2,3)50-59-45-76(82-51-70(59)58-39-54(56-41-60(78(4,5)6)46-61(42-56)79(7,8)9)38-55(40-58)57-43-62(80(10,11)12)47-63(44-57)81(13,14)15)85-72-33-22-20-31-68(72)69-37-36-66(49-75(69)85)86-65-29-25-28-64(48-65)83-52-84(74-35-24-23-34-73(74)83)71-32-21-19-30-67(71)53-26-17-16-18-27-53/h16-49,51H,50H2,1-15H3/i16D,17D,18D,26D,27D,50D2. The highest BCUT2D eigenvalue weighted by Crippen LogP contribution is 2.43. The molecule has 0 unspecified atom stereocenters. The zero-order valence-electron chi connectivity index (χ0n) is 59.5. The van der Waals surface area contributed by atoms with E-state index in [1.54, 1.807) is 12.1 Å². The Labute approximate surface area is 520 Å². The Morgan fingerprint density at radius 1 is 0.465 bits per heavy atom. The smallest absolute Gasteiger partial charge is 0.269 e. The van der Waals surface area contributed by atoms with Crippen LogP contribution < -0.4 is 9.30 Å². The van der Waals surface area contributed by atoms with Crippen LogP contribution in [-0.4, -0.2) is 14.1 Å². The number of nitrogens with zero attached hydrogens (tertiary/aromatic N) is 4. The highest BCUT2D eigenvalue weighted by Gasteiger charge is 2.26. The van der Waals surface area contributed by atoms with Crippen molar-refractivity contribution in [2.45, 2.75) is 132 Å². The van der Waals surface area contributed by atoms with Crippen LogP contribution in [0.2, 0.25) is 0 Å². The van der Waals surface area contributed by atoms with Crippen LogP contribution in [-0.2, 0) is 28.0 Å². The van der Waals surface area contributed by atoms with Gasteiger partial charge in [-0.25, -0.2) is 4.98 Å². The largest absolute Gasteiger partial charge is 0.458 e. The number of hydrogen-bond acceptors (Lipinski definition) is 2. The zero-order valence-corrected chi connectivity index (χ0v) is 52.5. The minimum absolute atomic E-state index is 0.108. The first-order chi connectivity index (χ1) is 43.6. The molecule has 0 saturated heterocycles. The van der Waals surface area contributed by atoms with E-state index in [-0.39, 0.29) is 39.3 Å². The fourth-order valence-corrected chi connectivity index (χ4v) is 11.5. The van der Waals surface area contributed by atoms with Crippen LogP contribution in [0.4, 0.5) is 0 Å².